The maximum absolute atomic E-state index is 13.2. The van der Waals surface area contributed by atoms with Gasteiger partial charge in [0.25, 0.3) is 5.91 Å². The van der Waals surface area contributed by atoms with Crippen LogP contribution >= 0.6 is 0 Å². The summed E-state index contributed by atoms with van der Waals surface area (Å²) in [5.74, 6) is -1.41. The van der Waals surface area contributed by atoms with Crippen LogP contribution in [0.5, 0.6) is 0 Å². The highest BCUT2D eigenvalue weighted by molar-refractivity contribution is 5.88. The number of hydrazone groups is 1. The number of aliphatic hydroxyl groups is 1. The predicted molar refractivity (Wildman–Crippen MR) is 119 cm³/mol. The Balaban J connectivity index is 1.69. The minimum atomic E-state index is -5.04. The van der Waals surface area contributed by atoms with Gasteiger partial charge < -0.3 is 15.3 Å². The molecule has 0 saturated carbocycles. The van der Waals surface area contributed by atoms with E-state index < -0.39 is 29.9 Å². The lowest BCUT2D eigenvalue weighted by molar-refractivity contribution is -0.211. The van der Waals surface area contributed by atoms with Crippen LogP contribution in [0.2, 0.25) is 0 Å². The van der Waals surface area contributed by atoms with Gasteiger partial charge in [-0.05, 0) is 30.4 Å². The molecule has 1 aromatic rings. The number of likely N-dealkylation sites (tertiary alicyclic amines) is 1. The van der Waals surface area contributed by atoms with Gasteiger partial charge in [-0.1, -0.05) is 6.58 Å². The molecule has 198 valence electrons. The van der Waals surface area contributed by atoms with Crippen LogP contribution in [0.3, 0.4) is 0 Å². The van der Waals surface area contributed by atoms with Gasteiger partial charge in [-0.2, -0.15) is 36.7 Å². The largest absolute Gasteiger partial charge is 0.423 e. The molecule has 1 atom stereocenters. The Bertz CT molecular complexity index is 1180. The highest BCUT2D eigenvalue weighted by Crippen LogP contribution is 2.31. The third-order valence-electron chi connectivity index (χ3n) is 5.67. The third-order valence-corrected chi connectivity index (χ3v) is 5.67. The van der Waals surface area contributed by atoms with Crippen molar-refractivity contribution in [1.82, 2.24) is 20.3 Å². The second kappa shape index (κ2) is 11.0. The summed E-state index contributed by atoms with van der Waals surface area (Å²) in [6, 6.07) is 1.88. The number of alkyl halides is 6. The van der Waals surface area contributed by atoms with Crippen molar-refractivity contribution in [2.45, 2.75) is 31.3 Å². The van der Waals surface area contributed by atoms with E-state index in [0.717, 1.165) is 11.0 Å². The Hall–Kier alpha value is -3.93. The number of piperidine rings is 1. The van der Waals surface area contributed by atoms with Crippen molar-refractivity contribution in [3.05, 3.63) is 47.5 Å². The average Bonchev–Trinajstić information content (AvgIpc) is 2.83. The molecule has 3 N–H and O–H groups in total. The summed E-state index contributed by atoms with van der Waals surface area (Å²) in [5.41, 5.74) is 1.27. The van der Waals surface area contributed by atoms with Crippen molar-refractivity contribution in [3.8, 4) is 6.07 Å². The first-order valence-corrected chi connectivity index (χ1v) is 10.8. The van der Waals surface area contributed by atoms with Gasteiger partial charge in [0, 0.05) is 31.4 Å². The van der Waals surface area contributed by atoms with Crippen LogP contribution in [0.1, 0.15) is 24.1 Å². The van der Waals surface area contributed by atoms with Gasteiger partial charge in [0.05, 0.1) is 29.2 Å². The average molecular weight is 529 g/mol. The van der Waals surface area contributed by atoms with E-state index in [9.17, 15) is 36.4 Å². The maximum atomic E-state index is 13.2. The first kappa shape index (κ1) is 27.7. The summed E-state index contributed by atoms with van der Waals surface area (Å²) < 4.78 is 77.3. The van der Waals surface area contributed by atoms with Gasteiger partial charge in [-0.15, -0.1) is 0 Å². The SMILES string of the molecule is C=C1/C=C(C(F)(F)F)\C=N/N/C=C\1c1nc(NCC2CCN(C(=O)[C@H](O)C(F)(F)F)CC2)ncc1C#N. The number of rotatable bonds is 5. The van der Waals surface area contributed by atoms with E-state index in [1.54, 1.807) is 0 Å². The standard InChI is InChI=1S/C22H21F6N7O2/c1-12-6-15(21(23,24)25)10-32-33-11-16(12)17-14(7-29)9-31-20(34-17)30-8-13-2-4-35(5-3-13)19(37)18(36)22(26,27)28/h6,9-11,13,18,33,36H,1-5,8H2,(H,30,31,34)/b15-6+,16-11+,32-10-/t18-/m0/s1. The first-order chi connectivity index (χ1) is 17.3. The molecule has 0 aromatic carbocycles. The van der Waals surface area contributed by atoms with Crippen LogP contribution < -0.4 is 10.7 Å². The van der Waals surface area contributed by atoms with Gasteiger partial charge >= 0.3 is 12.4 Å². The van der Waals surface area contributed by atoms with E-state index >= 15 is 0 Å². The number of hydrogen-bond donors (Lipinski definition) is 3. The molecule has 1 amide bonds. The smallest absolute Gasteiger partial charge is 0.376 e. The molecule has 0 radical (unpaired) electrons. The molecule has 37 heavy (non-hydrogen) atoms. The Labute approximate surface area is 206 Å². The molecule has 15 heteroatoms. The van der Waals surface area contributed by atoms with E-state index in [2.05, 4.69) is 32.4 Å². The van der Waals surface area contributed by atoms with Crippen molar-refractivity contribution < 1.29 is 36.2 Å². The van der Waals surface area contributed by atoms with Gasteiger partial charge in [0.15, 0.2) is 0 Å². The van der Waals surface area contributed by atoms with Gasteiger partial charge in [-0.3, -0.25) is 10.2 Å². The zero-order chi connectivity index (χ0) is 27.4. The van der Waals surface area contributed by atoms with E-state index in [0.29, 0.717) is 19.1 Å². The number of nitriles is 1. The molecule has 2 aliphatic heterocycles. The number of halogens is 6. The minimum Gasteiger partial charge on any atom is -0.376 e. The second-order valence-electron chi connectivity index (χ2n) is 8.23. The number of aliphatic hydroxyl groups excluding tert-OH is 1. The van der Waals surface area contributed by atoms with E-state index in [4.69, 9.17) is 5.11 Å². The van der Waals surface area contributed by atoms with Crippen LogP contribution in [-0.2, 0) is 4.79 Å². The Morgan fingerprint density at radius 3 is 2.57 bits per heavy atom. The van der Waals surface area contributed by atoms with Crippen LogP contribution in [0.25, 0.3) is 5.57 Å². The summed E-state index contributed by atoms with van der Waals surface area (Å²) in [6.07, 6.45) is -8.28. The van der Waals surface area contributed by atoms with Crippen LogP contribution in [0.4, 0.5) is 32.3 Å². The molecule has 0 aliphatic carbocycles. The monoisotopic (exact) mass is 529 g/mol. The minimum absolute atomic E-state index is 0.00827. The lowest BCUT2D eigenvalue weighted by Gasteiger charge is -2.33. The third kappa shape index (κ3) is 6.85. The van der Waals surface area contributed by atoms with E-state index in [-0.39, 0.29) is 53.9 Å². The summed E-state index contributed by atoms with van der Waals surface area (Å²) in [5, 5.41) is 25.0. The number of carbonyl (C=O) groups excluding carboxylic acids is 1. The van der Waals surface area contributed by atoms with Crippen molar-refractivity contribution in [1.29, 1.82) is 5.26 Å². The fourth-order valence-corrected chi connectivity index (χ4v) is 3.64. The fourth-order valence-electron chi connectivity index (χ4n) is 3.64. The number of allylic oxidation sites excluding steroid dienone is 4. The van der Waals surface area contributed by atoms with Crippen molar-refractivity contribution in [2.75, 3.05) is 25.0 Å². The summed E-state index contributed by atoms with van der Waals surface area (Å²) >= 11 is 0. The molecule has 1 aromatic heterocycles. The molecule has 3 rings (SSSR count). The number of hydrogen-bond acceptors (Lipinski definition) is 8. The molecular formula is C22H21F6N7O2. The Kier molecular flexibility index (Phi) is 8.22. The normalized spacial score (nSPS) is 21.8. The molecule has 2 aliphatic rings. The van der Waals surface area contributed by atoms with Crippen molar-refractivity contribution >= 4 is 23.6 Å². The first-order valence-electron chi connectivity index (χ1n) is 10.8. The zero-order valence-corrected chi connectivity index (χ0v) is 19.1. The zero-order valence-electron chi connectivity index (χ0n) is 19.1. The highest BCUT2D eigenvalue weighted by atomic mass is 19.4. The predicted octanol–water partition coefficient (Wildman–Crippen LogP) is 2.90. The summed E-state index contributed by atoms with van der Waals surface area (Å²) in [7, 11) is 0. The topological polar surface area (TPSA) is 127 Å². The van der Waals surface area contributed by atoms with E-state index in [1.165, 1.54) is 12.4 Å². The molecule has 0 bridgehead atoms. The Morgan fingerprint density at radius 1 is 1.30 bits per heavy atom. The highest BCUT2D eigenvalue weighted by Gasteiger charge is 2.45. The number of aromatic nitrogens is 2. The summed E-state index contributed by atoms with van der Waals surface area (Å²) in [4.78, 5) is 21.1. The van der Waals surface area contributed by atoms with Crippen LogP contribution in [0.15, 0.2) is 41.3 Å². The van der Waals surface area contributed by atoms with Gasteiger partial charge in [0.2, 0.25) is 12.1 Å². The quantitative estimate of drug-likeness (QED) is 0.501. The van der Waals surface area contributed by atoms with Crippen molar-refractivity contribution in [3.63, 3.8) is 0 Å². The molecule has 1 fully saturated rings. The number of carbonyl (C=O) groups is 1. The van der Waals surface area contributed by atoms with E-state index in [1.807, 2.05) is 6.07 Å². The molecule has 0 unspecified atom stereocenters. The number of amides is 1. The molecule has 0 spiro atoms. The number of anilines is 1. The number of nitrogens with one attached hydrogen (secondary N) is 2. The molecule has 3 heterocycles. The number of nitrogens with zero attached hydrogens (tertiary/aromatic N) is 5. The van der Waals surface area contributed by atoms with Crippen LogP contribution in [-0.4, -0.2) is 70.2 Å². The van der Waals surface area contributed by atoms with Crippen molar-refractivity contribution in [2.24, 2.45) is 11.0 Å². The van der Waals surface area contributed by atoms with Gasteiger partial charge in [-0.25, -0.2) is 9.97 Å². The summed E-state index contributed by atoms with van der Waals surface area (Å²) in [6.45, 7) is 3.96. The lowest BCUT2D eigenvalue weighted by atomic mass is 9.96. The van der Waals surface area contributed by atoms with Crippen LogP contribution in [0, 0.1) is 17.2 Å². The molecule has 9 nitrogen and oxygen atoms in total. The molecule has 1 saturated heterocycles. The lowest BCUT2D eigenvalue weighted by Crippen LogP contribution is -2.49. The van der Waals surface area contributed by atoms with Gasteiger partial charge in [0.1, 0.15) is 6.07 Å². The Morgan fingerprint density at radius 2 is 1.97 bits per heavy atom. The second-order valence-corrected chi connectivity index (χ2v) is 8.23. The maximum Gasteiger partial charge on any atom is 0.423 e. The molecular weight excluding hydrogens is 508 g/mol. The fraction of sp³-hybridized carbons (Fsp3) is 0.409.